The van der Waals surface area contributed by atoms with Crippen LogP contribution in [-0.4, -0.2) is 16.7 Å². The normalized spacial score (nSPS) is 11.4. The van der Waals surface area contributed by atoms with Gasteiger partial charge in [0.15, 0.2) is 17.3 Å². The zero-order valence-electron chi connectivity index (χ0n) is 17.9. The monoisotopic (exact) mass is 487 g/mol. The summed E-state index contributed by atoms with van der Waals surface area (Å²) in [4.78, 5) is 4.69. The second-order valence-corrected chi connectivity index (χ2v) is 8.08. The van der Waals surface area contributed by atoms with Crippen molar-refractivity contribution in [2.24, 2.45) is 0 Å². The molecular weight excluding hydrogens is 466 g/mol. The number of hydrogen-bond acceptors (Lipinski definition) is 4. The van der Waals surface area contributed by atoms with Crippen molar-refractivity contribution >= 4 is 38.6 Å². The van der Waals surface area contributed by atoms with Gasteiger partial charge in [0.25, 0.3) is 0 Å². The third kappa shape index (κ3) is 4.53. The molecule has 0 radical (unpaired) electrons. The number of ether oxygens (including phenoxy) is 2. The third-order valence-corrected chi connectivity index (χ3v) is 5.67. The molecule has 0 atom stereocenters. The molecule has 1 aromatic heterocycles. The number of aryl methyl sites for hydroxylation is 1. The number of hydrogen-bond donors (Lipinski definition) is 0. The zero-order valence-corrected chi connectivity index (χ0v) is 19.5. The smallest absolute Gasteiger partial charge is 0.161 e. The molecule has 0 aliphatic rings. The van der Waals surface area contributed by atoms with Crippen LogP contribution in [0.15, 0.2) is 71.2 Å². The van der Waals surface area contributed by atoms with E-state index in [1.807, 2.05) is 79.7 Å². The quantitative estimate of drug-likeness (QED) is 0.280. The number of allylic oxidation sites excluding steroid dienone is 1. The zero-order chi connectivity index (χ0) is 22.5. The largest absolute Gasteiger partial charge is 0.493 e. The Hall–Kier alpha value is -3.56. The first-order chi connectivity index (χ1) is 15.6. The SMILES string of the molecule is CCn1c(/C(C#N)=C/c2ccc(OCc3ccc(Br)cc3)c(OC)c2)nc2ccccc21. The maximum atomic E-state index is 9.87. The van der Waals surface area contributed by atoms with Crippen molar-refractivity contribution in [3.63, 3.8) is 0 Å². The maximum Gasteiger partial charge on any atom is 0.161 e. The van der Waals surface area contributed by atoms with E-state index >= 15 is 0 Å². The summed E-state index contributed by atoms with van der Waals surface area (Å²) in [6.07, 6.45) is 1.83. The molecule has 4 aromatic rings. The summed E-state index contributed by atoms with van der Waals surface area (Å²) in [7, 11) is 1.61. The number of aromatic nitrogens is 2. The highest BCUT2D eigenvalue weighted by atomic mass is 79.9. The fourth-order valence-electron chi connectivity index (χ4n) is 3.55. The van der Waals surface area contributed by atoms with Crippen molar-refractivity contribution in [3.05, 3.63) is 88.2 Å². The number of halogens is 1. The molecule has 0 bridgehead atoms. The standard InChI is InChI=1S/C26H22BrN3O2/c1-3-30-23-7-5-4-6-22(23)29-26(30)20(16-28)14-19-10-13-24(25(15-19)31-2)32-17-18-8-11-21(27)12-9-18/h4-15H,3,17H2,1-2H3/b20-14+. The minimum Gasteiger partial charge on any atom is -0.493 e. The molecule has 3 aromatic carbocycles. The van der Waals surface area contributed by atoms with Crippen molar-refractivity contribution in [2.75, 3.05) is 7.11 Å². The number of rotatable bonds is 7. The molecule has 32 heavy (non-hydrogen) atoms. The minimum atomic E-state index is 0.433. The molecule has 1 heterocycles. The highest BCUT2D eigenvalue weighted by Gasteiger charge is 2.14. The van der Waals surface area contributed by atoms with E-state index in [1.54, 1.807) is 7.11 Å². The van der Waals surface area contributed by atoms with E-state index in [1.165, 1.54) is 0 Å². The van der Waals surface area contributed by atoms with Gasteiger partial charge in [-0.15, -0.1) is 0 Å². The van der Waals surface area contributed by atoms with Crippen LogP contribution in [0, 0.1) is 11.3 Å². The molecule has 0 amide bonds. The summed E-state index contributed by atoms with van der Waals surface area (Å²) in [6, 6.07) is 23.8. The summed E-state index contributed by atoms with van der Waals surface area (Å²) in [5, 5.41) is 9.87. The van der Waals surface area contributed by atoms with E-state index in [0.29, 0.717) is 29.5 Å². The van der Waals surface area contributed by atoms with Crippen LogP contribution in [0.25, 0.3) is 22.7 Å². The van der Waals surface area contributed by atoms with Crippen LogP contribution >= 0.6 is 15.9 Å². The molecular formula is C26H22BrN3O2. The topological polar surface area (TPSA) is 60.1 Å². The van der Waals surface area contributed by atoms with Gasteiger partial charge in [-0.05, 0) is 60.5 Å². The molecule has 6 heteroatoms. The van der Waals surface area contributed by atoms with Crippen LogP contribution in [0.4, 0.5) is 0 Å². The van der Waals surface area contributed by atoms with Gasteiger partial charge < -0.3 is 14.0 Å². The highest BCUT2D eigenvalue weighted by Crippen LogP contribution is 2.31. The molecule has 0 unspecified atom stereocenters. The van der Waals surface area contributed by atoms with Gasteiger partial charge in [0.2, 0.25) is 0 Å². The first-order valence-corrected chi connectivity index (χ1v) is 11.0. The fourth-order valence-corrected chi connectivity index (χ4v) is 3.81. The van der Waals surface area contributed by atoms with E-state index in [0.717, 1.165) is 33.2 Å². The van der Waals surface area contributed by atoms with Crippen LogP contribution in [0.3, 0.4) is 0 Å². The summed E-state index contributed by atoms with van der Waals surface area (Å²) in [5.41, 5.74) is 4.28. The van der Waals surface area contributed by atoms with Gasteiger partial charge in [-0.1, -0.05) is 46.3 Å². The van der Waals surface area contributed by atoms with Crippen LogP contribution in [-0.2, 0) is 13.2 Å². The van der Waals surface area contributed by atoms with Crippen LogP contribution in [0.5, 0.6) is 11.5 Å². The summed E-state index contributed by atoms with van der Waals surface area (Å²) in [5.74, 6) is 1.91. The van der Waals surface area contributed by atoms with Gasteiger partial charge in [-0.25, -0.2) is 4.98 Å². The van der Waals surface area contributed by atoms with E-state index in [-0.39, 0.29) is 0 Å². The second-order valence-electron chi connectivity index (χ2n) is 7.16. The summed E-state index contributed by atoms with van der Waals surface area (Å²) < 4.78 is 14.6. The lowest BCUT2D eigenvalue weighted by molar-refractivity contribution is 0.284. The van der Waals surface area contributed by atoms with Crippen molar-refractivity contribution < 1.29 is 9.47 Å². The molecule has 160 valence electrons. The summed E-state index contributed by atoms with van der Waals surface area (Å²) >= 11 is 3.44. The Morgan fingerprint density at radius 2 is 1.88 bits per heavy atom. The Kier molecular flexibility index (Phi) is 6.58. The number of methoxy groups -OCH3 is 1. The number of nitriles is 1. The number of benzene rings is 3. The van der Waals surface area contributed by atoms with Crippen molar-refractivity contribution in [2.45, 2.75) is 20.1 Å². The predicted octanol–water partition coefficient (Wildman–Crippen LogP) is 6.47. The average molecular weight is 488 g/mol. The van der Waals surface area contributed by atoms with E-state index in [2.05, 4.69) is 26.6 Å². The Bertz CT molecular complexity index is 1320. The Balaban J connectivity index is 1.63. The first-order valence-electron chi connectivity index (χ1n) is 10.3. The molecule has 0 saturated heterocycles. The average Bonchev–Trinajstić information content (AvgIpc) is 3.21. The second kappa shape index (κ2) is 9.71. The van der Waals surface area contributed by atoms with Crippen LogP contribution in [0.1, 0.15) is 23.9 Å². The molecule has 4 rings (SSSR count). The molecule has 0 aliphatic carbocycles. The Labute approximate surface area is 195 Å². The highest BCUT2D eigenvalue weighted by molar-refractivity contribution is 9.10. The van der Waals surface area contributed by atoms with Gasteiger partial charge in [-0.2, -0.15) is 5.26 Å². The van der Waals surface area contributed by atoms with Crippen LogP contribution in [0.2, 0.25) is 0 Å². The molecule has 0 aliphatic heterocycles. The minimum absolute atomic E-state index is 0.433. The van der Waals surface area contributed by atoms with Crippen molar-refractivity contribution in [1.29, 1.82) is 5.26 Å². The fraction of sp³-hybridized carbons (Fsp3) is 0.154. The lowest BCUT2D eigenvalue weighted by atomic mass is 10.1. The summed E-state index contributed by atoms with van der Waals surface area (Å²) in [6.45, 7) is 3.21. The Morgan fingerprint density at radius 3 is 2.59 bits per heavy atom. The molecule has 5 nitrogen and oxygen atoms in total. The van der Waals surface area contributed by atoms with Gasteiger partial charge in [-0.3, -0.25) is 0 Å². The number of imidazole rings is 1. The van der Waals surface area contributed by atoms with Gasteiger partial charge in [0, 0.05) is 11.0 Å². The molecule has 0 saturated carbocycles. The number of nitrogens with zero attached hydrogens (tertiary/aromatic N) is 3. The van der Waals surface area contributed by atoms with Crippen molar-refractivity contribution in [3.8, 4) is 17.6 Å². The van der Waals surface area contributed by atoms with Gasteiger partial charge in [0.05, 0.1) is 23.7 Å². The van der Waals surface area contributed by atoms with E-state index in [9.17, 15) is 5.26 Å². The molecule has 0 fully saturated rings. The lowest BCUT2D eigenvalue weighted by Crippen LogP contribution is -2.00. The van der Waals surface area contributed by atoms with Crippen molar-refractivity contribution in [1.82, 2.24) is 9.55 Å². The lowest BCUT2D eigenvalue weighted by Gasteiger charge is -2.12. The van der Waals surface area contributed by atoms with Gasteiger partial charge >= 0.3 is 0 Å². The first kappa shape index (κ1) is 21.7. The number of para-hydroxylation sites is 2. The van der Waals surface area contributed by atoms with Crippen LogP contribution < -0.4 is 9.47 Å². The third-order valence-electron chi connectivity index (χ3n) is 5.14. The predicted molar refractivity (Wildman–Crippen MR) is 130 cm³/mol. The maximum absolute atomic E-state index is 9.87. The Morgan fingerprint density at radius 1 is 1.09 bits per heavy atom. The molecule has 0 N–H and O–H groups in total. The van der Waals surface area contributed by atoms with E-state index in [4.69, 9.17) is 14.5 Å². The van der Waals surface area contributed by atoms with E-state index < -0.39 is 0 Å². The molecule has 0 spiro atoms. The number of fused-ring (bicyclic) bond motifs is 1. The van der Waals surface area contributed by atoms with Gasteiger partial charge in [0.1, 0.15) is 12.7 Å².